The summed E-state index contributed by atoms with van der Waals surface area (Å²) in [6, 6.07) is 16.6. The van der Waals surface area contributed by atoms with Crippen LogP contribution < -0.4 is 21.3 Å². The minimum absolute atomic E-state index is 0.0656. The third kappa shape index (κ3) is 6.58. The third-order valence-electron chi connectivity index (χ3n) is 6.51. The zero-order valence-electron chi connectivity index (χ0n) is 22.9. The standard InChI is InChI=1S/C29H29F4N5O3S/c1-4-42(39,40)24-7-5-6-21(14-24)22-10-13-26(37-17-25(18(2)30)36-19(37)3)27(15-22)38(35)28(16-34)20-8-11-23(12-9-20)41-29(31,32)33/h5-18H,4,34-35H2,1-3H3/b28-16-. The number of nitrogens with zero attached hydrogens (tertiary/aromatic N) is 3. The summed E-state index contributed by atoms with van der Waals surface area (Å²) in [5.74, 6) is 6.60. The molecule has 13 heteroatoms. The molecule has 0 bridgehead atoms. The van der Waals surface area contributed by atoms with Gasteiger partial charge < -0.3 is 15.0 Å². The van der Waals surface area contributed by atoms with E-state index in [1.807, 2.05) is 0 Å². The molecule has 4 N–H and O–H groups in total. The van der Waals surface area contributed by atoms with Gasteiger partial charge in [0.1, 0.15) is 17.7 Å². The number of alkyl halides is 4. The van der Waals surface area contributed by atoms with E-state index < -0.39 is 28.1 Å². The average Bonchev–Trinajstić information content (AvgIpc) is 3.35. The van der Waals surface area contributed by atoms with E-state index in [0.717, 1.165) is 12.1 Å². The van der Waals surface area contributed by atoms with Gasteiger partial charge in [0.15, 0.2) is 9.84 Å². The van der Waals surface area contributed by atoms with Gasteiger partial charge in [0.25, 0.3) is 0 Å². The van der Waals surface area contributed by atoms with Crippen molar-refractivity contribution in [2.45, 2.75) is 38.2 Å². The predicted molar refractivity (Wildman–Crippen MR) is 153 cm³/mol. The van der Waals surface area contributed by atoms with E-state index in [1.54, 1.807) is 54.8 Å². The zero-order valence-corrected chi connectivity index (χ0v) is 23.7. The minimum Gasteiger partial charge on any atom is -0.406 e. The van der Waals surface area contributed by atoms with Crippen LogP contribution in [0.3, 0.4) is 0 Å². The number of anilines is 1. The molecule has 0 fully saturated rings. The first kappa shape index (κ1) is 30.6. The van der Waals surface area contributed by atoms with Crippen molar-refractivity contribution in [3.8, 4) is 22.6 Å². The Hall–Kier alpha value is -4.36. The van der Waals surface area contributed by atoms with Gasteiger partial charge in [-0.15, -0.1) is 13.2 Å². The monoisotopic (exact) mass is 603 g/mol. The second kappa shape index (κ2) is 11.9. The molecule has 8 nitrogen and oxygen atoms in total. The molecule has 0 aliphatic heterocycles. The predicted octanol–water partition coefficient (Wildman–Crippen LogP) is 6.21. The molecule has 0 saturated carbocycles. The number of halogens is 4. The van der Waals surface area contributed by atoms with Crippen LogP contribution in [0, 0.1) is 6.92 Å². The highest BCUT2D eigenvalue weighted by atomic mass is 32.2. The Labute approximate surface area is 240 Å². The quantitative estimate of drug-likeness (QED) is 0.133. The summed E-state index contributed by atoms with van der Waals surface area (Å²) in [4.78, 5) is 4.46. The summed E-state index contributed by atoms with van der Waals surface area (Å²) in [6.07, 6.45) is -3.45. The summed E-state index contributed by atoms with van der Waals surface area (Å²) in [7, 11) is -3.48. The smallest absolute Gasteiger partial charge is 0.406 e. The van der Waals surface area contributed by atoms with Crippen molar-refractivity contribution in [3.63, 3.8) is 0 Å². The molecular formula is C29H29F4N5O3S. The van der Waals surface area contributed by atoms with Gasteiger partial charge in [-0.1, -0.05) is 25.1 Å². The van der Waals surface area contributed by atoms with Gasteiger partial charge in [0, 0.05) is 18.0 Å². The summed E-state index contributed by atoms with van der Waals surface area (Å²) in [6.45, 7) is 4.62. The lowest BCUT2D eigenvalue weighted by atomic mass is 10.0. The number of hydrogen-bond acceptors (Lipinski definition) is 7. The molecule has 4 rings (SSSR count). The Morgan fingerprint density at radius 3 is 2.33 bits per heavy atom. The van der Waals surface area contributed by atoms with Crippen LogP contribution in [0.1, 0.15) is 37.1 Å². The molecule has 1 aromatic heterocycles. The molecule has 3 aromatic carbocycles. The van der Waals surface area contributed by atoms with E-state index in [9.17, 15) is 26.0 Å². The van der Waals surface area contributed by atoms with E-state index in [-0.39, 0.29) is 22.0 Å². The normalized spacial score (nSPS) is 13.2. The fourth-order valence-electron chi connectivity index (χ4n) is 4.34. The molecule has 222 valence electrons. The van der Waals surface area contributed by atoms with E-state index in [2.05, 4.69) is 9.72 Å². The molecule has 0 radical (unpaired) electrons. The molecule has 1 heterocycles. The van der Waals surface area contributed by atoms with Gasteiger partial charge in [-0.2, -0.15) is 0 Å². The number of imidazole rings is 1. The Kier molecular flexibility index (Phi) is 8.64. The van der Waals surface area contributed by atoms with Crippen LogP contribution in [0.15, 0.2) is 84.0 Å². The lowest BCUT2D eigenvalue weighted by molar-refractivity contribution is -0.274. The number of hydrazine groups is 1. The van der Waals surface area contributed by atoms with Crippen LogP contribution in [0.5, 0.6) is 5.75 Å². The Balaban J connectivity index is 1.85. The van der Waals surface area contributed by atoms with E-state index >= 15 is 0 Å². The molecule has 0 spiro atoms. The molecule has 0 amide bonds. The fraction of sp³-hybridized carbons (Fsp3) is 0.207. The summed E-state index contributed by atoms with van der Waals surface area (Å²) in [5, 5.41) is 1.24. The number of benzene rings is 3. The Morgan fingerprint density at radius 2 is 1.76 bits per heavy atom. The molecule has 0 saturated heterocycles. The van der Waals surface area contributed by atoms with E-state index in [0.29, 0.717) is 33.9 Å². The highest BCUT2D eigenvalue weighted by molar-refractivity contribution is 7.91. The summed E-state index contributed by atoms with van der Waals surface area (Å²) < 4.78 is 82.7. The highest BCUT2D eigenvalue weighted by Gasteiger charge is 2.31. The fourth-order valence-corrected chi connectivity index (χ4v) is 5.26. The molecule has 1 unspecified atom stereocenters. The average molecular weight is 604 g/mol. The number of aryl methyl sites for hydroxylation is 1. The van der Waals surface area contributed by atoms with Crippen molar-refractivity contribution in [2.24, 2.45) is 11.6 Å². The van der Waals surface area contributed by atoms with Gasteiger partial charge in [-0.25, -0.2) is 23.6 Å². The van der Waals surface area contributed by atoms with Crippen LogP contribution in [-0.4, -0.2) is 30.1 Å². The number of rotatable bonds is 9. The van der Waals surface area contributed by atoms with Crippen LogP contribution in [0.4, 0.5) is 23.2 Å². The van der Waals surface area contributed by atoms with Crippen LogP contribution in [0.25, 0.3) is 22.5 Å². The van der Waals surface area contributed by atoms with Crippen molar-refractivity contribution in [2.75, 3.05) is 10.8 Å². The minimum atomic E-state index is -4.85. The van der Waals surface area contributed by atoms with E-state index in [4.69, 9.17) is 11.6 Å². The van der Waals surface area contributed by atoms with Crippen molar-refractivity contribution in [3.05, 3.63) is 96.2 Å². The topological polar surface area (TPSA) is 116 Å². The number of nitrogens with two attached hydrogens (primary N) is 2. The lowest BCUT2D eigenvalue weighted by Crippen LogP contribution is -2.31. The van der Waals surface area contributed by atoms with Crippen molar-refractivity contribution in [1.82, 2.24) is 9.55 Å². The maximum Gasteiger partial charge on any atom is 0.573 e. The van der Waals surface area contributed by atoms with E-state index in [1.165, 1.54) is 42.5 Å². The van der Waals surface area contributed by atoms with Crippen LogP contribution in [-0.2, 0) is 9.84 Å². The highest BCUT2D eigenvalue weighted by Crippen LogP contribution is 2.35. The number of ether oxygens (including phenoxy) is 1. The van der Waals surface area contributed by atoms with Crippen LogP contribution in [0.2, 0.25) is 0 Å². The molecular weight excluding hydrogens is 574 g/mol. The Bertz CT molecular complexity index is 1720. The molecule has 1 atom stereocenters. The summed E-state index contributed by atoms with van der Waals surface area (Å²) in [5.41, 5.74) is 8.82. The molecule has 0 aliphatic rings. The second-order valence-electron chi connectivity index (χ2n) is 9.33. The van der Waals surface area contributed by atoms with Crippen molar-refractivity contribution >= 4 is 21.2 Å². The van der Waals surface area contributed by atoms with Crippen molar-refractivity contribution < 1.29 is 30.7 Å². The maximum absolute atomic E-state index is 14.1. The van der Waals surface area contributed by atoms with Crippen LogP contribution >= 0.6 is 0 Å². The van der Waals surface area contributed by atoms with Gasteiger partial charge in [-0.05, 0) is 73.5 Å². The van der Waals surface area contributed by atoms with Gasteiger partial charge >= 0.3 is 6.36 Å². The Morgan fingerprint density at radius 1 is 1.10 bits per heavy atom. The molecule has 42 heavy (non-hydrogen) atoms. The zero-order chi connectivity index (χ0) is 30.8. The molecule has 0 aliphatic carbocycles. The maximum atomic E-state index is 14.1. The molecule has 4 aromatic rings. The number of sulfone groups is 1. The first-order chi connectivity index (χ1) is 19.7. The van der Waals surface area contributed by atoms with Crippen molar-refractivity contribution in [1.29, 1.82) is 0 Å². The van der Waals surface area contributed by atoms with Gasteiger partial charge in [0.2, 0.25) is 0 Å². The number of aromatic nitrogens is 2. The second-order valence-corrected chi connectivity index (χ2v) is 11.6. The summed E-state index contributed by atoms with van der Waals surface area (Å²) >= 11 is 0. The lowest BCUT2D eigenvalue weighted by Gasteiger charge is -2.26. The van der Waals surface area contributed by atoms with Gasteiger partial charge in [-0.3, -0.25) is 5.01 Å². The first-order valence-corrected chi connectivity index (χ1v) is 14.4. The largest absolute Gasteiger partial charge is 0.573 e. The first-order valence-electron chi connectivity index (χ1n) is 12.7. The number of hydrogen-bond donors (Lipinski definition) is 2. The van der Waals surface area contributed by atoms with Gasteiger partial charge in [0.05, 0.1) is 33.4 Å². The third-order valence-corrected chi connectivity index (χ3v) is 8.24. The SMILES string of the molecule is CCS(=O)(=O)c1cccc(-c2ccc(-n3cc(C(C)F)nc3C)c(N(N)/C(=C\N)c3ccc(OC(F)(F)F)cc3)c2)c1.